The monoisotopic (exact) mass is 326 g/mol. The van der Waals surface area contributed by atoms with Gasteiger partial charge in [-0.05, 0) is 53.4 Å². The molecule has 19 heavy (non-hydrogen) atoms. The van der Waals surface area contributed by atoms with Gasteiger partial charge in [0, 0.05) is 30.7 Å². The van der Waals surface area contributed by atoms with Crippen LogP contribution in [0.1, 0.15) is 23.7 Å². The Kier molecular flexibility index (Phi) is 3.35. The average Bonchev–Trinajstić information content (AvgIpc) is 2.91. The predicted octanol–water partition coefficient (Wildman–Crippen LogP) is 2.41. The fraction of sp³-hybridized carbons (Fsp3) is 0.500. The van der Waals surface area contributed by atoms with E-state index in [9.17, 15) is 9.18 Å². The van der Waals surface area contributed by atoms with Gasteiger partial charge in [-0.1, -0.05) is 0 Å². The van der Waals surface area contributed by atoms with E-state index >= 15 is 0 Å². The summed E-state index contributed by atoms with van der Waals surface area (Å²) in [4.78, 5) is 14.5. The van der Waals surface area contributed by atoms with E-state index in [0.717, 1.165) is 19.5 Å². The molecule has 2 heterocycles. The first-order chi connectivity index (χ1) is 9.08. The second-order valence-corrected chi connectivity index (χ2v) is 6.27. The maximum absolute atomic E-state index is 13.6. The number of benzene rings is 1. The fourth-order valence-electron chi connectivity index (χ4n) is 3.29. The van der Waals surface area contributed by atoms with E-state index in [1.807, 2.05) is 4.90 Å². The Morgan fingerprint density at radius 3 is 3.00 bits per heavy atom. The van der Waals surface area contributed by atoms with Crippen molar-refractivity contribution in [2.45, 2.75) is 25.4 Å². The normalized spacial score (nSPS) is 29.6. The summed E-state index contributed by atoms with van der Waals surface area (Å²) in [5.41, 5.74) is 0.431. The van der Waals surface area contributed by atoms with Crippen LogP contribution in [0.2, 0.25) is 0 Å². The Labute approximate surface area is 120 Å². The van der Waals surface area contributed by atoms with E-state index in [1.165, 1.54) is 6.07 Å². The molecule has 1 aromatic carbocycles. The van der Waals surface area contributed by atoms with Gasteiger partial charge in [0.25, 0.3) is 5.91 Å². The number of halogens is 2. The van der Waals surface area contributed by atoms with Crippen LogP contribution in [-0.2, 0) is 0 Å². The molecule has 0 saturated carbocycles. The molecule has 5 heteroatoms. The standard InChI is InChI=1S/C14H16BrFN2O/c1-8-4-10-6-17-7-13(10)18(8)14(19)9-2-3-11(15)12(16)5-9/h2-3,5,8,10,13,17H,4,6-7H2,1H3. The van der Waals surface area contributed by atoms with Crippen molar-refractivity contribution in [1.29, 1.82) is 0 Å². The molecule has 1 amide bonds. The molecule has 3 nitrogen and oxygen atoms in total. The molecule has 2 aliphatic rings. The van der Waals surface area contributed by atoms with Gasteiger partial charge >= 0.3 is 0 Å². The zero-order valence-corrected chi connectivity index (χ0v) is 12.3. The highest BCUT2D eigenvalue weighted by Gasteiger charge is 2.44. The molecule has 0 bridgehead atoms. The average molecular weight is 327 g/mol. The molecule has 1 aromatic rings. The summed E-state index contributed by atoms with van der Waals surface area (Å²) < 4.78 is 13.9. The number of fused-ring (bicyclic) bond motifs is 1. The molecule has 102 valence electrons. The zero-order valence-electron chi connectivity index (χ0n) is 10.7. The summed E-state index contributed by atoms with van der Waals surface area (Å²) in [6.45, 7) is 3.90. The molecular weight excluding hydrogens is 311 g/mol. The van der Waals surface area contributed by atoms with E-state index in [0.29, 0.717) is 16.0 Å². The van der Waals surface area contributed by atoms with Crippen molar-refractivity contribution in [3.8, 4) is 0 Å². The molecule has 2 aliphatic heterocycles. The number of nitrogens with one attached hydrogen (secondary N) is 1. The van der Waals surface area contributed by atoms with Crippen LogP contribution < -0.4 is 5.32 Å². The molecule has 3 atom stereocenters. The van der Waals surface area contributed by atoms with Gasteiger partial charge in [0.2, 0.25) is 0 Å². The van der Waals surface area contributed by atoms with E-state index < -0.39 is 5.82 Å². The van der Waals surface area contributed by atoms with Crippen molar-refractivity contribution >= 4 is 21.8 Å². The highest BCUT2D eigenvalue weighted by atomic mass is 79.9. The molecule has 1 N–H and O–H groups in total. The number of nitrogens with zero attached hydrogens (tertiary/aromatic N) is 1. The third-order valence-electron chi connectivity index (χ3n) is 4.18. The van der Waals surface area contributed by atoms with Crippen LogP contribution >= 0.6 is 15.9 Å². The maximum atomic E-state index is 13.6. The third-order valence-corrected chi connectivity index (χ3v) is 4.82. The predicted molar refractivity (Wildman–Crippen MR) is 74.5 cm³/mol. The molecule has 3 rings (SSSR count). The molecule has 2 saturated heterocycles. The van der Waals surface area contributed by atoms with Crippen LogP contribution in [0.4, 0.5) is 4.39 Å². The molecule has 3 unspecified atom stereocenters. The third kappa shape index (κ3) is 2.19. The lowest BCUT2D eigenvalue weighted by atomic mass is 10.0. The SMILES string of the molecule is CC1CC2CNCC2N1C(=O)c1ccc(Br)c(F)c1. The second kappa shape index (κ2) is 4.87. The van der Waals surface area contributed by atoms with Crippen molar-refractivity contribution < 1.29 is 9.18 Å². The first-order valence-corrected chi connectivity index (χ1v) is 7.35. The van der Waals surface area contributed by atoms with Gasteiger partial charge < -0.3 is 10.2 Å². The topological polar surface area (TPSA) is 32.3 Å². The Morgan fingerprint density at radius 1 is 1.47 bits per heavy atom. The van der Waals surface area contributed by atoms with Crippen molar-refractivity contribution in [2.75, 3.05) is 13.1 Å². The zero-order chi connectivity index (χ0) is 13.6. The van der Waals surface area contributed by atoms with Gasteiger partial charge in [0.05, 0.1) is 4.47 Å². The smallest absolute Gasteiger partial charge is 0.254 e. The lowest BCUT2D eigenvalue weighted by Gasteiger charge is -2.27. The molecular formula is C14H16BrFN2O. The minimum Gasteiger partial charge on any atom is -0.331 e. The Hall–Kier alpha value is -0.940. The van der Waals surface area contributed by atoms with E-state index in [4.69, 9.17) is 0 Å². The summed E-state index contributed by atoms with van der Waals surface area (Å²) in [5, 5.41) is 3.33. The van der Waals surface area contributed by atoms with Crippen LogP contribution in [-0.4, -0.2) is 36.0 Å². The van der Waals surface area contributed by atoms with Crippen LogP contribution in [0.3, 0.4) is 0 Å². The summed E-state index contributed by atoms with van der Waals surface area (Å²) in [6, 6.07) is 5.08. The van der Waals surface area contributed by atoms with E-state index in [1.54, 1.807) is 12.1 Å². The Morgan fingerprint density at radius 2 is 2.26 bits per heavy atom. The number of likely N-dealkylation sites (tertiary alicyclic amines) is 1. The lowest BCUT2D eigenvalue weighted by Crippen LogP contribution is -2.42. The number of rotatable bonds is 1. The van der Waals surface area contributed by atoms with Gasteiger partial charge in [-0.3, -0.25) is 4.79 Å². The van der Waals surface area contributed by atoms with Crippen molar-refractivity contribution in [1.82, 2.24) is 10.2 Å². The largest absolute Gasteiger partial charge is 0.331 e. The quantitative estimate of drug-likeness (QED) is 0.859. The van der Waals surface area contributed by atoms with Crippen LogP contribution in [0.25, 0.3) is 0 Å². The number of hydrogen-bond acceptors (Lipinski definition) is 2. The van der Waals surface area contributed by atoms with E-state index in [-0.39, 0.29) is 18.0 Å². The van der Waals surface area contributed by atoms with Crippen molar-refractivity contribution in [3.05, 3.63) is 34.1 Å². The number of hydrogen-bond donors (Lipinski definition) is 1. The summed E-state index contributed by atoms with van der Waals surface area (Å²) >= 11 is 3.11. The highest BCUT2D eigenvalue weighted by molar-refractivity contribution is 9.10. The minimum atomic E-state index is -0.390. The minimum absolute atomic E-state index is 0.0601. The molecule has 0 aromatic heterocycles. The molecule has 0 spiro atoms. The van der Waals surface area contributed by atoms with Gasteiger partial charge in [-0.25, -0.2) is 4.39 Å². The summed E-state index contributed by atoms with van der Waals surface area (Å²) in [5.74, 6) is 0.0909. The second-order valence-electron chi connectivity index (χ2n) is 5.41. The Balaban J connectivity index is 1.88. The highest BCUT2D eigenvalue weighted by Crippen LogP contribution is 2.33. The van der Waals surface area contributed by atoms with Gasteiger partial charge in [0.15, 0.2) is 0 Å². The van der Waals surface area contributed by atoms with Crippen LogP contribution in [0, 0.1) is 11.7 Å². The van der Waals surface area contributed by atoms with Gasteiger partial charge in [-0.2, -0.15) is 0 Å². The van der Waals surface area contributed by atoms with Crippen LogP contribution in [0.5, 0.6) is 0 Å². The molecule has 0 radical (unpaired) electrons. The molecule has 0 aliphatic carbocycles. The first kappa shape index (κ1) is 13.1. The maximum Gasteiger partial charge on any atom is 0.254 e. The van der Waals surface area contributed by atoms with E-state index in [2.05, 4.69) is 28.2 Å². The molecule has 2 fully saturated rings. The number of amides is 1. The lowest BCUT2D eigenvalue weighted by molar-refractivity contribution is 0.0681. The summed E-state index contributed by atoms with van der Waals surface area (Å²) in [6.07, 6.45) is 1.03. The number of carbonyl (C=O) groups is 1. The first-order valence-electron chi connectivity index (χ1n) is 6.56. The van der Waals surface area contributed by atoms with Gasteiger partial charge in [-0.15, -0.1) is 0 Å². The van der Waals surface area contributed by atoms with Crippen LogP contribution in [0.15, 0.2) is 22.7 Å². The van der Waals surface area contributed by atoms with Gasteiger partial charge in [0.1, 0.15) is 5.82 Å². The Bertz CT molecular complexity index is 522. The summed E-state index contributed by atoms with van der Waals surface area (Å²) in [7, 11) is 0. The fourth-order valence-corrected chi connectivity index (χ4v) is 3.54. The van der Waals surface area contributed by atoms with Crippen molar-refractivity contribution in [3.63, 3.8) is 0 Å². The number of carbonyl (C=O) groups excluding carboxylic acids is 1. The van der Waals surface area contributed by atoms with Crippen molar-refractivity contribution in [2.24, 2.45) is 5.92 Å².